The number of nitrogens with zero attached hydrogens (tertiary/aromatic N) is 2. The zero-order valence-corrected chi connectivity index (χ0v) is 13.1. The van der Waals surface area contributed by atoms with Gasteiger partial charge in [0.05, 0.1) is 10.9 Å². The number of benzene rings is 1. The summed E-state index contributed by atoms with van der Waals surface area (Å²) in [6.45, 7) is 2.77. The average Bonchev–Trinajstić information content (AvgIpc) is 2.86. The molecule has 2 N–H and O–H groups in total. The third-order valence-corrected chi connectivity index (χ3v) is 5.61. The molecular weight excluding hydrogens is 274 g/mol. The normalized spacial score (nSPS) is 21.2. The Hall–Kier alpha value is -1.68. The molecule has 1 aromatic carbocycles. The minimum Gasteiger partial charge on any atom is -0.324 e. The van der Waals surface area contributed by atoms with Crippen LogP contribution in [0.2, 0.25) is 0 Å². The maximum absolute atomic E-state index is 12.9. The third-order valence-electron chi connectivity index (χ3n) is 5.61. The second kappa shape index (κ2) is 4.92. The Morgan fingerprint density at radius 1 is 1.23 bits per heavy atom. The molecule has 0 amide bonds. The second-order valence-electron chi connectivity index (χ2n) is 7.02. The second-order valence-corrected chi connectivity index (χ2v) is 7.02. The fourth-order valence-corrected chi connectivity index (χ4v) is 4.39. The highest BCUT2D eigenvalue weighted by molar-refractivity contribution is 5.81. The molecule has 0 radical (unpaired) electrons. The molecule has 2 aromatic rings. The predicted octanol–water partition coefficient (Wildman–Crippen LogP) is 3.02. The van der Waals surface area contributed by atoms with Gasteiger partial charge in [0.1, 0.15) is 5.82 Å². The van der Waals surface area contributed by atoms with Crippen LogP contribution in [0.3, 0.4) is 0 Å². The van der Waals surface area contributed by atoms with E-state index in [4.69, 9.17) is 10.7 Å². The van der Waals surface area contributed by atoms with Crippen molar-refractivity contribution in [1.82, 2.24) is 9.55 Å². The predicted molar refractivity (Wildman–Crippen MR) is 88.0 cm³/mol. The van der Waals surface area contributed by atoms with E-state index in [1.807, 2.05) is 29.7 Å². The van der Waals surface area contributed by atoms with Crippen LogP contribution < -0.4 is 11.3 Å². The van der Waals surface area contributed by atoms with Crippen molar-refractivity contribution in [2.24, 2.45) is 5.73 Å². The van der Waals surface area contributed by atoms with Gasteiger partial charge in [-0.25, -0.2) is 4.98 Å². The first-order chi connectivity index (χ1) is 10.6. The summed E-state index contributed by atoms with van der Waals surface area (Å²) in [6, 6.07) is 5.69. The molecule has 1 aliphatic carbocycles. The first-order valence-corrected chi connectivity index (χ1v) is 8.42. The van der Waals surface area contributed by atoms with Crippen LogP contribution in [0.4, 0.5) is 0 Å². The zero-order chi connectivity index (χ0) is 15.3. The summed E-state index contributed by atoms with van der Waals surface area (Å²) >= 11 is 0. The van der Waals surface area contributed by atoms with Gasteiger partial charge < -0.3 is 5.73 Å². The lowest BCUT2D eigenvalue weighted by molar-refractivity contribution is 0.286. The molecule has 1 fully saturated rings. The van der Waals surface area contributed by atoms with E-state index >= 15 is 0 Å². The van der Waals surface area contributed by atoms with Crippen LogP contribution in [0.1, 0.15) is 62.9 Å². The van der Waals surface area contributed by atoms with E-state index in [1.165, 1.54) is 32.1 Å². The van der Waals surface area contributed by atoms with E-state index in [0.717, 1.165) is 29.9 Å². The maximum atomic E-state index is 12.9. The van der Waals surface area contributed by atoms with Crippen molar-refractivity contribution >= 4 is 10.9 Å². The smallest absolute Gasteiger partial charge is 0.261 e. The van der Waals surface area contributed by atoms with Gasteiger partial charge in [0.25, 0.3) is 5.56 Å². The molecule has 22 heavy (non-hydrogen) atoms. The van der Waals surface area contributed by atoms with Crippen molar-refractivity contribution in [1.29, 1.82) is 0 Å². The van der Waals surface area contributed by atoms with Gasteiger partial charge in [-0.3, -0.25) is 9.36 Å². The highest BCUT2D eigenvalue weighted by Gasteiger charge is 2.42. The number of aromatic nitrogens is 2. The first-order valence-electron chi connectivity index (χ1n) is 8.42. The van der Waals surface area contributed by atoms with E-state index in [-0.39, 0.29) is 17.0 Å². The Kier molecular flexibility index (Phi) is 3.12. The van der Waals surface area contributed by atoms with Gasteiger partial charge in [-0.15, -0.1) is 0 Å². The molecule has 2 aliphatic rings. The molecule has 4 rings (SSSR count). The molecule has 0 saturated heterocycles. The summed E-state index contributed by atoms with van der Waals surface area (Å²) in [5.41, 5.74) is 8.15. The molecule has 0 bridgehead atoms. The van der Waals surface area contributed by atoms with Gasteiger partial charge in [-0.05, 0) is 37.8 Å². The number of hydrogen-bond acceptors (Lipinski definition) is 3. The van der Waals surface area contributed by atoms with Gasteiger partial charge in [0, 0.05) is 18.0 Å². The molecule has 1 aliphatic heterocycles. The minimum atomic E-state index is -0.109. The first kappa shape index (κ1) is 13.9. The number of rotatable bonds is 1. The maximum Gasteiger partial charge on any atom is 0.261 e. The Bertz CT molecular complexity index is 785. The van der Waals surface area contributed by atoms with Crippen LogP contribution in [-0.2, 0) is 12.0 Å². The zero-order valence-electron chi connectivity index (χ0n) is 13.1. The molecule has 4 nitrogen and oxygen atoms in total. The lowest BCUT2D eigenvalue weighted by atomic mass is 9.72. The van der Waals surface area contributed by atoms with E-state index in [2.05, 4.69) is 0 Å². The van der Waals surface area contributed by atoms with Crippen LogP contribution in [0.25, 0.3) is 10.9 Å². The van der Waals surface area contributed by atoms with E-state index in [0.29, 0.717) is 5.39 Å². The Labute approximate surface area is 130 Å². The van der Waals surface area contributed by atoms with Crippen molar-refractivity contribution in [2.45, 2.75) is 63.5 Å². The van der Waals surface area contributed by atoms with Gasteiger partial charge in [0.2, 0.25) is 0 Å². The van der Waals surface area contributed by atoms with Gasteiger partial charge in [-0.2, -0.15) is 0 Å². The molecular formula is C18H23N3O. The van der Waals surface area contributed by atoms with E-state index in [1.54, 1.807) is 0 Å². The Morgan fingerprint density at radius 2 is 2.00 bits per heavy atom. The summed E-state index contributed by atoms with van der Waals surface area (Å²) in [6.07, 6.45) is 7.23. The van der Waals surface area contributed by atoms with E-state index < -0.39 is 0 Å². The van der Waals surface area contributed by atoms with Gasteiger partial charge >= 0.3 is 0 Å². The fourth-order valence-electron chi connectivity index (χ4n) is 4.39. The van der Waals surface area contributed by atoms with Crippen LogP contribution >= 0.6 is 0 Å². The number of fused-ring (bicyclic) bond motifs is 3. The SMILES string of the molecule is CC(N)c1cccc2c(=O)n3c(nc12)C1(CCCCC1)CC3. The van der Waals surface area contributed by atoms with Crippen LogP contribution in [0.15, 0.2) is 23.0 Å². The quantitative estimate of drug-likeness (QED) is 0.880. The lowest BCUT2D eigenvalue weighted by Gasteiger charge is -2.32. The molecule has 1 unspecified atom stereocenters. The van der Waals surface area contributed by atoms with Crippen molar-refractivity contribution in [3.63, 3.8) is 0 Å². The summed E-state index contributed by atoms with van der Waals surface area (Å²) in [5, 5.41) is 0.714. The number of hydrogen-bond donors (Lipinski definition) is 1. The topological polar surface area (TPSA) is 60.9 Å². The minimum absolute atomic E-state index is 0.109. The lowest BCUT2D eigenvalue weighted by Crippen LogP contribution is -2.31. The summed E-state index contributed by atoms with van der Waals surface area (Å²) in [5.74, 6) is 1.03. The average molecular weight is 297 g/mol. The highest BCUT2D eigenvalue weighted by Crippen LogP contribution is 2.45. The van der Waals surface area contributed by atoms with Crippen molar-refractivity contribution in [3.8, 4) is 0 Å². The Morgan fingerprint density at radius 3 is 2.73 bits per heavy atom. The largest absolute Gasteiger partial charge is 0.324 e. The number of para-hydroxylation sites is 1. The molecule has 116 valence electrons. The molecule has 1 spiro atoms. The van der Waals surface area contributed by atoms with Crippen LogP contribution in [0, 0.1) is 0 Å². The van der Waals surface area contributed by atoms with Crippen molar-refractivity contribution in [3.05, 3.63) is 39.9 Å². The van der Waals surface area contributed by atoms with E-state index in [9.17, 15) is 4.79 Å². The molecule has 1 aromatic heterocycles. The van der Waals surface area contributed by atoms with Gasteiger partial charge in [0.15, 0.2) is 0 Å². The van der Waals surface area contributed by atoms with Crippen LogP contribution in [-0.4, -0.2) is 9.55 Å². The molecule has 4 heteroatoms. The van der Waals surface area contributed by atoms with Crippen molar-refractivity contribution < 1.29 is 0 Å². The molecule has 1 atom stereocenters. The summed E-state index contributed by atoms with van der Waals surface area (Å²) in [7, 11) is 0. The van der Waals surface area contributed by atoms with Crippen molar-refractivity contribution in [2.75, 3.05) is 0 Å². The third kappa shape index (κ3) is 1.86. The standard InChI is InChI=1S/C18H23N3O/c1-12(19)13-6-5-7-14-15(13)20-17-18(8-3-2-4-9-18)10-11-21(17)16(14)22/h5-7,12H,2-4,8-11,19H2,1H3. The molecule has 1 saturated carbocycles. The summed E-state index contributed by atoms with van der Waals surface area (Å²) < 4.78 is 1.93. The summed E-state index contributed by atoms with van der Waals surface area (Å²) in [4.78, 5) is 17.9. The highest BCUT2D eigenvalue weighted by atomic mass is 16.1. The van der Waals surface area contributed by atoms with Crippen LogP contribution in [0.5, 0.6) is 0 Å². The Balaban J connectivity index is 2.01. The number of nitrogens with two attached hydrogens (primary N) is 1. The monoisotopic (exact) mass is 297 g/mol. The molecule has 2 heterocycles. The fraction of sp³-hybridized carbons (Fsp3) is 0.556. The van der Waals surface area contributed by atoms with Gasteiger partial charge in [-0.1, -0.05) is 31.4 Å².